The van der Waals surface area contributed by atoms with Crippen LogP contribution in [-0.4, -0.2) is 37.5 Å². The number of aliphatic hydroxyl groups excluding tert-OH is 1. The molecule has 1 fully saturated rings. The van der Waals surface area contributed by atoms with Crippen LogP contribution in [0.2, 0.25) is 0 Å². The highest BCUT2D eigenvalue weighted by molar-refractivity contribution is 4.96. The van der Waals surface area contributed by atoms with Gasteiger partial charge in [0.2, 0.25) is 0 Å². The molecule has 0 amide bonds. The molecule has 0 radical (unpaired) electrons. The molecule has 1 aliphatic carbocycles. The van der Waals surface area contributed by atoms with Crippen molar-refractivity contribution in [2.24, 2.45) is 7.05 Å². The van der Waals surface area contributed by atoms with Gasteiger partial charge in [-0.25, -0.2) is 0 Å². The number of hydrogen-bond acceptors (Lipinski definition) is 5. The van der Waals surface area contributed by atoms with E-state index in [4.69, 9.17) is 0 Å². The lowest BCUT2D eigenvalue weighted by atomic mass is 9.77. The third kappa shape index (κ3) is 1.76. The van der Waals surface area contributed by atoms with Crippen LogP contribution < -0.4 is 5.32 Å². The van der Waals surface area contributed by atoms with Crippen LogP contribution in [0, 0.1) is 0 Å². The van der Waals surface area contributed by atoms with Crippen molar-refractivity contribution in [2.75, 3.05) is 6.61 Å². The average molecular weight is 197 g/mol. The summed E-state index contributed by atoms with van der Waals surface area (Å²) >= 11 is 0. The summed E-state index contributed by atoms with van der Waals surface area (Å²) in [5.41, 5.74) is -0.0841. The lowest BCUT2D eigenvalue weighted by Crippen LogP contribution is -2.53. The number of nitrogens with zero attached hydrogens (tertiary/aromatic N) is 4. The summed E-state index contributed by atoms with van der Waals surface area (Å²) in [5.74, 6) is 0.673. The molecule has 1 aliphatic rings. The summed E-state index contributed by atoms with van der Waals surface area (Å²) < 4.78 is 0. The first kappa shape index (κ1) is 9.54. The molecule has 0 spiro atoms. The topological polar surface area (TPSA) is 75.9 Å². The Hall–Kier alpha value is -1.01. The summed E-state index contributed by atoms with van der Waals surface area (Å²) in [6.45, 7) is 0.766. The van der Waals surface area contributed by atoms with Crippen LogP contribution in [0.5, 0.6) is 0 Å². The molecule has 6 heteroatoms. The van der Waals surface area contributed by atoms with Crippen molar-refractivity contribution in [1.82, 2.24) is 25.5 Å². The molecule has 0 bridgehead atoms. The third-order valence-corrected chi connectivity index (χ3v) is 2.78. The Kier molecular flexibility index (Phi) is 2.47. The van der Waals surface area contributed by atoms with Gasteiger partial charge in [0.05, 0.1) is 20.2 Å². The standard InChI is InChI=1S/C8H15N5O/c1-13-11-7(10-12-13)5-9-8(6-14)3-2-4-8/h9,14H,2-6H2,1H3. The Labute approximate surface area is 82.3 Å². The maximum atomic E-state index is 9.20. The van der Waals surface area contributed by atoms with Gasteiger partial charge in [0.25, 0.3) is 0 Å². The second-order valence-corrected chi connectivity index (χ2v) is 3.84. The maximum absolute atomic E-state index is 9.20. The van der Waals surface area contributed by atoms with Crippen molar-refractivity contribution < 1.29 is 5.11 Å². The van der Waals surface area contributed by atoms with Crippen LogP contribution in [0.25, 0.3) is 0 Å². The zero-order valence-corrected chi connectivity index (χ0v) is 8.27. The molecule has 2 rings (SSSR count). The van der Waals surface area contributed by atoms with Crippen molar-refractivity contribution in [3.63, 3.8) is 0 Å². The minimum atomic E-state index is -0.0841. The van der Waals surface area contributed by atoms with Gasteiger partial charge in [-0.1, -0.05) is 0 Å². The van der Waals surface area contributed by atoms with Crippen LogP contribution >= 0.6 is 0 Å². The fourth-order valence-electron chi connectivity index (χ4n) is 1.66. The minimum Gasteiger partial charge on any atom is -0.394 e. The number of tetrazole rings is 1. The molecule has 1 heterocycles. The molecular formula is C8H15N5O. The molecule has 0 saturated heterocycles. The molecule has 14 heavy (non-hydrogen) atoms. The van der Waals surface area contributed by atoms with E-state index < -0.39 is 0 Å². The molecule has 0 atom stereocenters. The zero-order chi connectivity index (χ0) is 10.0. The fourth-order valence-corrected chi connectivity index (χ4v) is 1.66. The Morgan fingerprint density at radius 2 is 2.36 bits per heavy atom. The van der Waals surface area contributed by atoms with Crippen LogP contribution in [-0.2, 0) is 13.6 Å². The highest BCUT2D eigenvalue weighted by Crippen LogP contribution is 2.31. The lowest BCUT2D eigenvalue weighted by molar-refractivity contribution is 0.0864. The van der Waals surface area contributed by atoms with Crippen molar-refractivity contribution in [3.05, 3.63) is 5.82 Å². The molecular weight excluding hydrogens is 182 g/mol. The van der Waals surface area contributed by atoms with Crippen molar-refractivity contribution in [3.8, 4) is 0 Å². The number of rotatable bonds is 4. The van der Waals surface area contributed by atoms with E-state index >= 15 is 0 Å². The number of aryl methyl sites for hydroxylation is 1. The Morgan fingerprint density at radius 3 is 2.79 bits per heavy atom. The molecule has 78 valence electrons. The van der Waals surface area contributed by atoms with Crippen LogP contribution in [0.1, 0.15) is 25.1 Å². The van der Waals surface area contributed by atoms with Crippen LogP contribution in [0.15, 0.2) is 0 Å². The van der Waals surface area contributed by atoms with Gasteiger partial charge in [0.1, 0.15) is 0 Å². The molecule has 0 unspecified atom stereocenters. The van der Waals surface area contributed by atoms with E-state index in [1.54, 1.807) is 7.05 Å². The molecule has 1 saturated carbocycles. The van der Waals surface area contributed by atoms with Crippen LogP contribution in [0.3, 0.4) is 0 Å². The second kappa shape index (κ2) is 3.62. The summed E-state index contributed by atoms with van der Waals surface area (Å²) in [5, 5.41) is 24.1. The molecule has 0 aromatic carbocycles. The van der Waals surface area contributed by atoms with Gasteiger partial charge in [-0.15, -0.1) is 10.2 Å². The first-order valence-electron chi connectivity index (χ1n) is 4.83. The summed E-state index contributed by atoms with van der Waals surface area (Å²) in [6, 6.07) is 0. The lowest BCUT2D eigenvalue weighted by Gasteiger charge is -2.40. The molecule has 2 N–H and O–H groups in total. The third-order valence-electron chi connectivity index (χ3n) is 2.78. The van der Waals surface area contributed by atoms with E-state index in [2.05, 4.69) is 20.7 Å². The number of aromatic nitrogens is 4. The van der Waals surface area contributed by atoms with Gasteiger partial charge >= 0.3 is 0 Å². The SMILES string of the molecule is Cn1nnc(CNC2(CO)CCC2)n1. The molecule has 6 nitrogen and oxygen atoms in total. The second-order valence-electron chi connectivity index (χ2n) is 3.84. The van der Waals surface area contributed by atoms with E-state index in [0.29, 0.717) is 12.4 Å². The van der Waals surface area contributed by atoms with E-state index in [-0.39, 0.29) is 12.1 Å². The van der Waals surface area contributed by atoms with Crippen LogP contribution in [0.4, 0.5) is 0 Å². The van der Waals surface area contributed by atoms with Gasteiger partial charge in [0.15, 0.2) is 5.82 Å². The largest absolute Gasteiger partial charge is 0.394 e. The monoisotopic (exact) mass is 197 g/mol. The van der Waals surface area contributed by atoms with Gasteiger partial charge in [0, 0.05) is 5.54 Å². The highest BCUT2D eigenvalue weighted by atomic mass is 16.3. The van der Waals surface area contributed by atoms with E-state index in [1.807, 2.05) is 0 Å². The fraction of sp³-hybridized carbons (Fsp3) is 0.875. The summed E-state index contributed by atoms with van der Waals surface area (Å²) in [7, 11) is 1.74. The van der Waals surface area contributed by atoms with Gasteiger partial charge in [-0.3, -0.25) is 0 Å². The number of aliphatic hydroxyl groups is 1. The normalized spacial score (nSPS) is 19.3. The maximum Gasteiger partial charge on any atom is 0.188 e. The quantitative estimate of drug-likeness (QED) is 0.662. The van der Waals surface area contributed by atoms with Gasteiger partial charge < -0.3 is 10.4 Å². The number of hydrogen-bond donors (Lipinski definition) is 2. The van der Waals surface area contributed by atoms with E-state index in [1.165, 1.54) is 11.2 Å². The molecule has 0 aliphatic heterocycles. The van der Waals surface area contributed by atoms with Crippen molar-refractivity contribution in [2.45, 2.75) is 31.3 Å². The minimum absolute atomic E-state index is 0.0841. The van der Waals surface area contributed by atoms with E-state index in [0.717, 1.165) is 12.8 Å². The van der Waals surface area contributed by atoms with E-state index in [9.17, 15) is 5.11 Å². The first-order valence-corrected chi connectivity index (χ1v) is 4.83. The van der Waals surface area contributed by atoms with Crippen molar-refractivity contribution in [1.29, 1.82) is 0 Å². The summed E-state index contributed by atoms with van der Waals surface area (Å²) in [4.78, 5) is 1.43. The smallest absolute Gasteiger partial charge is 0.188 e. The first-order chi connectivity index (χ1) is 6.74. The Morgan fingerprint density at radius 1 is 1.57 bits per heavy atom. The predicted molar refractivity (Wildman–Crippen MR) is 49.3 cm³/mol. The van der Waals surface area contributed by atoms with Gasteiger partial charge in [-0.05, 0) is 24.5 Å². The van der Waals surface area contributed by atoms with Gasteiger partial charge in [-0.2, -0.15) is 4.80 Å². The Bertz CT molecular complexity index is 301. The van der Waals surface area contributed by atoms with Crippen molar-refractivity contribution >= 4 is 0 Å². The Balaban J connectivity index is 1.87. The average Bonchev–Trinajstić information content (AvgIpc) is 2.50. The zero-order valence-electron chi connectivity index (χ0n) is 8.27. The predicted octanol–water partition coefficient (Wildman–Crippen LogP) is -0.785. The molecule has 1 aromatic rings. The number of nitrogens with one attached hydrogen (secondary N) is 1. The molecule has 1 aromatic heterocycles. The highest BCUT2D eigenvalue weighted by Gasteiger charge is 2.35. The summed E-state index contributed by atoms with van der Waals surface area (Å²) in [6.07, 6.45) is 3.25.